The van der Waals surface area contributed by atoms with Crippen molar-refractivity contribution >= 4 is 45.7 Å². The molecule has 9 heteroatoms. The molecule has 7 nitrogen and oxygen atoms in total. The SMILES string of the molecule is Cc1nc(COc2ccc(Cl)cc2)sc1C(=O)NNC(=O)c1ccc2ccccc2n1. The van der Waals surface area contributed by atoms with Crippen LogP contribution in [0.3, 0.4) is 0 Å². The van der Waals surface area contributed by atoms with E-state index in [0.29, 0.717) is 31.9 Å². The van der Waals surface area contributed by atoms with Gasteiger partial charge < -0.3 is 4.74 Å². The van der Waals surface area contributed by atoms with Crippen LogP contribution >= 0.6 is 22.9 Å². The number of aryl methyl sites for hydroxylation is 1. The molecule has 4 aromatic rings. The van der Waals surface area contributed by atoms with Gasteiger partial charge in [-0.05, 0) is 43.3 Å². The second-order valence-electron chi connectivity index (χ2n) is 6.56. The van der Waals surface area contributed by atoms with E-state index in [4.69, 9.17) is 16.3 Å². The highest BCUT2D eigenvalue weighted by Gasteiger charge is 2.17. The van der Waals surface area contributed by atoms with Gasteiger partial charge in [0.05, 0.1) is 11.2 Å². The first-order chi connectivity index (χ1) is 15.0. The van der Waals surface area contributed by atoms with Gasteiger partial charge in [-0.2, -0.15) is 0 Å². The van der Waals surface area contributed by atoms with Crippen molar-refractivity contribution in [2.75, 3.05) is 0 Å². The quantitative estimate of drug-likeness (QED) is 0.440. The fourth-order valence-corrected chi connectivity index (χ4v) is 3.83. The van der Waals surface area contributed by atoms with Crippen LogP contribution in [0.5, 0.6) is 5.75 Å². The van der Waals surface area contributed by atoms with Crippen molar-refractivity contribution < 1.29 is 14.3 Å². The van der Waals surface area contributed by atoms with Crippen LogP contribution in [0, 0.1) is 6.92 Å². The fourth-order valence-electron chi connectivity index (χ4n) is 2.83. The molecule has 0 aliphatic rings. The van der Waals surface area contributed by atoms with Crippen molar-refractivity contribution in [3.05, 3.63) is 87.0 Å². The van der Waals surface area contributed by atoms with E-state index in [1.165, 1.54) is 11.3 Å². The monoisotopic (exact) mass is 452 g/mol. The average molecular weight is 453 g/mol. The smallest absolute Gasteiger partial charge is 0.288 e. The molecule has 156 valence electrons. The van der Waals surface area contributed by atoms with E-state index >= 15 is 0 Å². The Morgan fingerprint density at radius 2 is 1.71 bits per heavy atom. The Morgan fingerprint density at radius 3 is 2.52 bits per heavy atom. The fraction of sp³-hybridized carbons (Fsp3) is 0.0909. The maximum absolute atomic E-state index is 12.5. The number of nitrogens with one attached hydrogen (secondary N) is 2. The van der Waals surface area contributed by atoms with Gasteiger partial charge in [0.25, 0.3) is 11.8 Å². The summed E-state index contributed by atoms with van der Waals surface area (Å²) in [6.45, 7) is 1.94. The molecule has 0 fully saturated rings. The van der Waals surface area contributed by atoms with E-state index in [1.54, 1.807) is 43.3 Å². The molecule has 0 spiro atoms. The van der Waals surface area contributed by atoms with E-state index in [2.05, 4.69) is 20.8 Å². The van der Waals surface area contributed by atoms with Crippen LogP contribution in [-0.4, -0.2) is 21.8 Å². The molecule has 4 rings (SSSR count). The number of pyridine rings is 1. The van der Waals surface area contributed by atoms with Crippen molar-refractivity contribution in [1.82, 2.24) is 20.8 Å². The first-order valence-electron chi connectivity index (χ1n) is 9.31. The van der Waals surface area contributed by atoms with Gasteiger partial charge in [0, 0.05) is 10.4 Å². The van der Waals surface area contributed by atoms with Gasteiger partial charge in [-0.25, -0.2) is 9.97 Å². The lowest BCUT2D eigenvalue weighted by Gasteiger charge is -2.07. The number of hydrazine groups is 1. The Hall–Kier alpha value is -3.49. The number of amides is 2. The molecule has 31 heavy (non-hydrogen) atoms. The van der Waals surface area contributed by atoms with Crippen LogP contribution in [0.15, 0.2) is 60.7 Å². The number of rotatable bonds is 5. The van der Waals surface area contributed by atoms with Crippen LogP contribution in [0.4, 0.5) is 0 Å². The summed E-state index contributed by atoms with van der Waals surface area (Å²) in [6, 6.07) is 17.9. The second-order valence-corrected chi connectivity index (χ2v) is 8.08. The number of carbonyl (C=O) groups is 2. The Labute approximate surface area is 187 Å². The minimum Gasteiger partial charge on any atom is -0.486 e. The average Bonchev–Trinajstić information content (AvgIpc) is 3.17. The molecule has 0 aliphatic heterocycles. The summed E-state index contributed by atoms with van der Waals surface area (Å²) in [4.78, 5) is 33.9. The number of benzene rings is 2. The molecule has 0 radical (unpaired) electrons. The van der Waals surface area contributed by atoms with Crippen molar-refractivity contribution in [3.63, 3.8) is 0 Å². The predicted octanol–water partition coefficient (Wildman–Crippen LogP) is 4.31. The molecular formula is C22H17ClN4O3S. The largest absolute Gasteiger partial charge is 0.486 e. The first kappa shape index (κ1) is 20.8. The van der Waals surface area contributed by atoms with E-state index < -0.39 is 11.8 Å². The van der Waals surface area contributed by atoms with E-state index in [9.17, 15) is 9.59 Å². The minimum absolute atomic E-state index is 0.206. The minimum atomic E-state index is -0.507. The molecule has 0 atom stereocenters. The molecule has 0 aliphatic carbocycles. The maximum Gasteiger partial charge on any atom is 0.288 e. The molecule has 2 heterocycles. The molecule has 2 N–H and O–H groups in total. The van der Waals surface area contributed by atoms with Gasteiger partial charge in [-0.15, -0.1) is 11.3 Å². The van der Waals surface area contributed by atoms with Crippen LogP contribution in [-0.2, 0) is 6.61 Å². The molecular weight excluding hydrogens is 436 g/mol. The lowest BCUT2D eigenvalue weighted by molar-refractivity contribution is 0.0846. The van der Waals surface area contributed by atoms with E-state index in [1.807, 2.05) is 24.3 Å². The maximum atomic E-state index is 12.5. The molecule has 0 unspecified atom stereocenters. The van der Waals surface area contributed by atoms with Crippen molar-refractivity contribution in [3.8, 4) is 5.75 Å². The summed E-state index contributed by atoms with van der Waals surface area (Å²) in [5.74, 6) is -0.312. The van der Waals surface area contributed by atoms with Crippen LogP contribution in [0.2, 0.25) is 5.02 Å². The lowest BCUT2D eigenvalue weighted by atomic mass is 10.2. The number of nitrogens with zero attached hydrogens (tertiary/aromatic N) is 2. The summed E-state index contributed by atoms with van der Waals surface area (Å²) in [6.07, 6.45) is 0. The van der Waals surface area contributed by atoms with Crippen LogP contribution in [0.25, 0.3) is 10.9 Å². The Bertz CT molecular complexity index is 1260. The molecule has 2 amide bonds. The topological polar surface area (TPSA) is 93.2 Å². The zero-order valence-corrected chi connectivity index (χ0v) is 18.0. The zero-order valence-electron chi connectivity index (χ0n) is 16.4. The number of carbonyl (C=O) groups excluding carboxylic acids is 2. The summed E-state index contributed by atoms with van der Waals surface area (Å²) < 4.78 is 5.67. The number of thiazole rings is 1. The van der Waals surface area contributed by atoms with Crippen molar-refractivity contribution in [2.24, 2.45) is 0 Å². The highest BCUT2D eigenvalue weighted by atomic mass is 35.5. The third-order valence-corrected chi connectivity index (χ3v) is 5.73. The van der Waals surface area contributed by atoms with Gasteiger partial charge >= 0.3 is 0 Å². The van der Waals surface area contributed by atoms with Crippen LogP contribution < -0.4 is 15.6 Å². The number of hydrogen-bond donors (Lipinski definition) is 2. The van der Waals surface area contributed by atoms with Gasteiger partial charge in [-0.3, -0.25) is 20.4 Å². The van der Waals surface area contributed by atoms with Gasteiger partial charge in [0.2, 0.25) is 0 Å². The van der Waals surface area contributed by atoms with Crippen molar-refractivity contribution in [2.45, 2.75) is 13.5 Å². The van der Waals surface area contributed by atoms with Gasteiger partial charge in [0.15, 0.2) is 0 Å². The summed E-state index contributed by atoms with van der Waals surface area (Å²) in [5, 5.41) is 2.19. The molecule has 0 bridgehead atoms. The molecule has 2 aromatic carbocycles. The number of para-hydroxylation sites is 1. The molecule has 0 saturated carbocycles. The summed E-state index contributed by atoms with van der Waals surface area (Å²) >= 11 is 7.06. The number of fused-ring (bicyclic) bond motifs is 1. The Morgan fingerprint density at radius 1 is 0.968 bits per heavy atom. The molecule has 2 aromatic heterocycles. The second kappa shape index (κ2) is 9.11. The van der Waals surface area contributed by atoms with Gasteiger partial charge in [0.1, 0.15) is 27.9 Å². The lowest BCUT2D eigenvalue weighted by Crippen LogP contribution is -2.41. The van der Waals surface area contributed by atoms with Crippen LogP contribution in [0.1, 0.15) is 30.9 Å². The predicted molar refractivity (Wildman–Crippen MR) is 119 cm³/mol. The number of ether oxygens (including phenoxy) is 1. The highest BCUT2D eigenvalue weighted by molar-refractivity contribution is 7.13. The number of halogens is 1. The summed E-state index contributed by atoms with van der Waals surface area (Å²) in [7, 11) is 0. The Balaban J connectivity index is 1.36. The summed E-state index contributed by atoms with van der Waals surface area (Å²) in [5.41, 5.74) is 6.27. The molecule has 0 saturated heterocycles. The van der Waals surface area contributed by atoms with E-state index in [-0.39, 0.29) is 12.3 Å². The third-order valence-electron chi connectivity index (χ3n) is 4.34. The highest BCUT2D eigenvalue weighted by Crippen LogP contribution is 2.21. The van der Waals surface area contributed by atoms with E-state index in [0.717, 1.165) is 5.39 Å². The standard InChI is InChI=1S/C22H17ClN4O3S/c1-13-20(31-19(24-13)12-30-16-9-7-15(23)8-10-16)22(29)27-26-21(28)18-11-6-14-4-2-3-5-17(14)25-18/h2-11H,12H2,1H3,(H,26,28)(H,27,29). The van der Waals surface area contributed by atoms with Gasteiger partial charge in [-0.1, -0.05) is 35.9 Å². The van der Waals surface area contributed by atoms with Crippen molar-refractivity contribution in [1.29, 1.82) is 0 Å². The number of aromatic nitrogens is 2. The normalized spacial score (nSPS) is 10.6. The Kier molecular flexibility index (Phi) is 6.11. The number of hydrogen-bond acceptors (Lipinski definition) is 6. The third kappa shape index (κ3) is 4.99. The zero-order chi connectivity index (χ0) is 21.8. The first-order valence-corrected chi connectivity index (χ1v) is 10.5.